The highest BCUT2D eigenvalue weighted by Crippen LogP contribution is 2.25. The van der Waals surface area contributed by atoms with Crippen molar-refractivity contribution in [3.63, 3.8) is 0 Å². The van der Waals surface area contributed by atoms with Crippen LogP contribution in [0, 0.1) is 6.92 Å². The van der Waals surface area contributed by atoms with Gasteiger partial charge in [0.05, 0.1) is 0 Å². The number of aromatic nitrogens is 2. The van der Waals surface area contributed by atoms with Crippen LogP contribution in [0.1, 0.15) is 36.7 Å². The van der Waals surface area contributed by atoms with Crippen molar-refractivity contribution < 1.29 is 9.15 Å². The molecule has 0 amide bonds. The lowest BCUT2D eigenvalue weighted by molar-refractivity contribution is 0.257. The molecule has 0 radical (unpaired) electrons. The summed E-state index contributed by atoms with van der Waals surface area (Å²) in [6, 6.07) is 7.72. The first-order valence-electron chi connectivity index (χ1n) is 5.97. The molecule has 0 spiro atoms. The van der Waals surface area contributed by atoms with Gasteiger partial charge in [0, 0.05) is 18.5 Å². The number of ether oxygens (including phenoxy) is 1. The number of nitrogens with two attached hydrogens (primary N) is 1. The van der Waals surface area contributed by atoms with Crippen LogP contribution in [0.3, 0.4) is 0 Å². The van der Waals surface area contributed by atoms with Crippen LogP contribution in [0.2, 0.25) is 0 Å². The molecule has 1 atom stereocenters. The summed E-state index contributed by atoms with van der Waals surface area (Å²) in [5.74, 6) is 1.77. The molecule has 0 aliphatic rings. The number of rotatable bonds is 5. The molecule has 0 unspecified atom stereocenters. The van der Waals surface area contributed by atoms with E-state index in [-0.39, 0.29) is 12.6 Å². The first-order valence-corrected chi connectivity index (χ1v) is 5.97. The average Bonchev–Trinajstić information content (AvgIpc) is 2.81. The standard InChI is InChI=1S/C13H17N3O2/c1-3-11(14)10-6-4-5-7-12(10)17-8-13-16-15-9(2)18-13/h4-7,11H,3,8,14H2,1-2H3/t11-/m0/s1. The van der Waals surface area contributed by atoms with Crippen LogP contribution in [0.4, 0.5) is 0 Å². The van der Waals surface area contributed by atoms with Gasteiger partial charge in [0.2, 0.25) is 5.89 Å². The Morgan fingerprint density at radius 2 is 2.11 bits per heavy atom. The number of benzene rings is 1. The van der Waals surface area contributed by atoms with E-state index >= 15 is 0 Å². The lowest BCUT2D eigenvalue weighted by atomic mass is 10.0. The van der Waals surface area contributed by atoms with Gasteiger partial charge < -0.3 is 14.9 Å². The molecule has 2 N–H and O–H groups in total. The minimum absolute atomic E-state index is 0.0226. The van der Waals surface area contributed by atoms with Crippen molar-refractivity contribution >= 4 is 0 Å². The fourth-order valence-electron chi connectivity index (χ4n) is 1.67. The molecular weight excluding hydrogens is 230 g/mol. The highest BCUT2D eigenvalue weighted by molar-refractivity contribution is 5.35. The Labute approximate surface area is 106 Å². The zero-order valence-corrected chi connectivity index (χ0v) is 10.6. The molecule has 18 heavy (non-hydrogen) atoms. The van der Waals surface area contributed by atoms with Crippen LogP contribution in [-0.2, 0) is 6.61 Å². The predicted molar refractivity (Wildman–Crippen MR) is 67.0 cm³/mol. The Morgan fingerprint density at radius 3 is 2.78 bits per heavy atom. The first-order chi connectivity index (χ1) is 8.70. The van der Waals surface area contributed by atoms with Crippen molar-refractivity contribution in [2.24, 2.45) is 5.73 Å². The number of aryl methyl sites for hydroxylation is 1. The topological polar surface area (TPSA) is 74.2 Å². The minimum Gasteiger partial charge on any atom is -0.483 e. The number of hydrogen-bond acceptors (Lipinski definition) is 5. The Balaban J connectivity index is 2.09. The molecule has 2 aromatic rings. The third-order valence-electron chi connectivity index (χ3n) is 2.68. The highest BCUT2D eigenvalue weighted by atomic mass is 16.5. The normalized spacial score (nSPS) is 12.4. The van der Waals surface area contributed by atoms with Crippen molar-refractivity contribution in [1.82, 2.24) is 10.2 Å². The summed E-state index contributed by atoms with van der Waals surface area (Å²) >= 11 is 0. The van der Waals surface area contributed by atoms with Gasteiger partial charge >= 0.3 is 0 Å². The van der Waals surface area contributed by atoms with Gasteiger partial charge in [-0.2, -0.15) is 0 Å². The van der Waals surface area contributed by atoms with Crippen molar-refractivity contribution in [3.05, 3.63) is 41.6 Å². The van der Waals surface area contributed by atoms with E-state index in [9.17, 15) is 0 Å². The van der Waals surface area contributed by atoms with Crippen LogP contribution in [0.25, 0.3) is 0 Å². The smallest absolute Gasteiger partial charge is 0.253 e. The van der Waals surface area contributed by atoms with Gasteiger partial charge in [-0.15, -0.1) is 10.2 Å². The number of nitrogens with zero attached hydrogens (tertiary/aromatic N) is 2. The Bertz CT molecular complexity index is 510. The van der Waals surface area contributed by atoms with Crippen LogP contribution in [-0.4, -0.2) is 10.2 Å². The number of hydrogen-bond donors (Lipinski definition) is 1. The van der Waals surface area contributed by atoms with Crippen molar-refractivity contribution in [3.8, 4) is 5.75 Å². The fraction of sp³-hybridized carbons (Fsp3) is 0.385. The van der Waals surface area contributed by atoms with Gasteiger partial charge in [0.1, 0.15) is 5.75 Å². The van der Waals surface area contributed by atoms with Crippen molar-refractivity contribution in [1.29, 1.82) is 0 Å². The second kappa shape index (κ2) is 5.64. The van der Waals surface area contributed by atoms with Crippen LogP contribution < -0.4 is 10.5 Å². The molecular formula is C13H17N3O2. The molecule has 1 aromatic heterocycles. The zero-order chi connectivity index (χ0) is 13.0. The number of para-hydroxylation sites is 1. The van der Waals surface area contributed by atoms with Crippen LogP contribution >= 0.6 is 0 Å². The predicted octanol–water partition coefficient (Wildman–Crippen LogP) is 2.37. The highest BCUT2D eigenvalue weighted by Gasteiger charge is 2.11. The van der Waals surface area contributed by atoms with E-state index in [1.54, 1.807) is 6.92 Å². The van der Waals surface area contributed by atoms with E-state index in [4.69, 9.17) is 14.9 Å². The maximum atomic E-state index is 6.04. The molecule has 1 heterocycles. The van der Waals surface area contributed by atoms with E-state index in [0.29, 0.717) is 11.8 Å². The van der Waals surface area contributed by atoms with Crippen molar-refractivity contribution in [2.45, 2.75) is 32.9 Å². The largest absolute Gasteiger partial charge is 0.483 e. The molecule has 0 aliphatic heterocycles. The monoisotopic (exact) mass is 247 g/mol. The third kappa shape index (κ3) is 2.87. The molecule has 0 saturated carbocycles. The molecule has 0 aliphatic carbocycles. The van der Waals surface area contributed by atoms with Gasteiger partial charge in [0.25, 0.3) is 5.89 Å². The first kappa shape index (κ1) is 12.6. The second-order valence-corrected chi connectivity index (χ2v) is 4.06. The van der Waals surface area contributed by atoms with E-state index in [2.05, 4.69) is 10.2 Å². The SMILES string of the molecule is CC[C@H](N)c1ccccc1OCc1nnc(C)o1. The summed E-state index contributed by atoms with van der Waals surface area (Å²) in [6.45, 7) is 4.05. The summed E-state index contributed by atoms with van der Waals surface area (Å²) < 4.78 is 10.9. The molecule has 0 fully saturated rings. The van der Waals surface area contributed by atoms with Gasteiger partial charge in [-0.05, 0) is 12.5 Å². The van der Waals surface area contributed by atoms with Gasteiger partial charge in [-0.1, -0.05) is 25.1 Å². The molecule has 0 bridgehead atoms. The molecule has 5 nitrogen and oxygen atoms in total. The average molecular weight is 247 g/mol. The Morgan fingerprint density at radius 1 is 1.33 bits per heavy atom. The lowest BCUT2D eigenvalue weighted by Crippen LogP contribution is -2.10. The summed E-state index contributed by atoms with van der Waals surface area (Å²) in [7, 11) is 0. The van der Waals surface area contributed by atoms with Crippen LogP contribution in [0.15, 0.2) is 28.7 Å². The van der Waals surface area contributed by atoms with Crippen molar-refractivity contribution in [2.75, 3.05) is 0 Å². The van der Waals surface area contributed by atoms with E-state index in [1.807, 2.05) is 31.2 Å². The Kier molecular flexibility index (Phi) is 3.94. The second-order valence-electron chi connectivity index (χ2n) is 4.06. The van der Waals surface area contributed by atoms with Gasteiger partial charge in [0.15, 0.2) is 6.61 Å². The zero-order valence-electron chi connectivity index (χ0n) is 10.6. The molecule has 2 rings (SSSR count). The maximum absolute atomic E-state index is 6.04. The lowest BCUT2D eigenvalue weighted by Gasteiger charge is -2.14. The third-order valence-corrected chi connectivity index (χ3v) is 2.68. The maximum Gasteiger partial charge on any atom is 0.253 e. The molecule has 0 saturated heterocycles. The van der Waals surface area contributed by atoms with Crippen LogP contribution in [0.5, 0.6) is 5.75 Å². The Hall–Kier alpha value is -1.88. The van der Waals surface area contributed by atoms with Gasteiger partial charge in [-0.25, -0.2) is 0 Å². The van der Waals surface area contributed by atoms with E-state index < -0.39 is 0 Å². The summed E-state index contributed by atoms with van der Waals surface area (Å²) in [5, 5.41) is 7.63. The molecule has 5 heteroatoms. The quantitative estimate of drug-likeness (QED) is 0.877. The van der Waals surface area contributed by atoms with E-state index in [0.717, 1.165) is 17.7 Å². The fourth-order valence-corrected chi connectivity index (χ4v) is 1.67. The summed E-state index contributed by atoms with van der Waals surface area (Å²) in [6.07, 6.45) is 0.861. The van der Waals surface area contributed by atoms with Gasteiger partial charge in [-0.3, -0.25) is 0 Å². The molecule has 96 valence electrons. The summed E-state index contributed by atoms with van der Waals surface area (Å²) in [5.41, 5.74) is 7.03. The minimum atomic E-state index is -0.0226. The van der Waals surface area contributed by atoms with E-state index in [1.165, 1.54) is 0 Å². The molecule has 1 aromatic carbocycles. The summed E-state index contributed by atoms with van der Waals surface area (Å²) in [4.78, 5) is 0.